The molecule has 0 fully saturated rings. The van der Waals surface area contributed by atoms with E-state index in [0.717, 1.165) is 9.87 Å². The molecule has 0 atom stereocenters. The fourth-order valence-corrected chi connectivity index (χ4v) is 4.83. The molecule has 0 bridgehead atoms. The second-order valence-corrected chi connectivity index (χ2v) is 10.2. The van der Waals surface area contributed by atoms with E-state index in [0.29, 0.717) is 11.3 Å². The summed E-state index contributed by atoms with van der Waals surface area (Å²) in [5.41, 5.74) is 4.27. The van der Waals surface area contributed by atoms with Crippen molar-refractivity contribution in [2.45, 2.75) is 24.7 Å². The molecule has 11 heteroatoms. The van der Waals surface area contributed by atoms with Crippen molar-refractivity contribution < 1.29 is 32.2 Å². The van der Waals surface area contributed by atoms with Crippen LogP contribution in [0.5, 0.6) is 11.5 Å². The Kier molecular flexibility index (Phi) is 9.44. The Labute approximate surface area is 221 Å². The van der Waals surface area contributed by atoms with Crippen LogP contribution in [0.15, 0.2) is 82.8 Å². The smallest absolute Gasteiger partial charge is 0.493 e. The summed E-state index contributed by atoms with van der Waals surface area (Å²) in [4.78, 5) is 24.2. The molecule has 0 saturated carbocycles. The third-order valence-electron chi connectivity index (χ3n) is 5.42. The third-order valence-corrected chi connectivity index (χ3v) is 7.20. The molecule has 3 aromatic carbocycles. The van der Waals surface area contributed by atoms with Crippen molar-refractivity contribution in [3.05, 3.63) is 83.9 Å². The second kappa shape index (κ2) is 12.7. The number of nitrogens with one attached hydrogen (secondary N) is 1. The largest absolute Gasteiger partial charge is 0.513 e. The van der Waals surface area contributed by atoms with Crippen molar-refractivity contribution >= 4 is 34.0 Å². The Balaban J connectivity index is 1.79. The van der Waals surface area contributed by atoms with Crippen molar-refractivity contribution in [3.8, 4) is 11.5 Å². The van der Waals surface area contributed by atoms with Crippen LogP contribution in [0.2, 0.25) is 0 Å². The molecule has 0 aliphatic rings. The van der Waals surface area contributed by atoms with E-state index in [9.17, 15) is 18.0 Å². The van der Waals surface area contributed by atoms with Crippen LogP contribution in [-0.4, -0.2) is 47.5 Å². The lowest BCUT2D eigenvalue weighted by molar-refractivity contribution is -0.119. The minimum Gasteiger partial charge on any atom is -0.493 e. The molecule has 0 aliphatic carbocycles. The van der Waals surface area contributed by atoms with Gasteiger partial charge in [0, 0.05) is 0 Å². The molecule has 0 saturated heterocycles. The first-order valence-corrected chi connectivity index (χ1v) is 13.0. The number of sulfonamides is 1. The van der Waals surface area contributed by atoms with Gasteiger partial charge in [0.2, 0.25) is 0 Å². The summed E-state index contributed by atoms with van der Waals surface area (Å²) in [6, 6.07) is 19.5. The summed E-state index contributed by atoms with van der Waals surface area (Å²) < 4.78 is 42.6. The highest BCUT2D eigenvalue weighted by Crippen LogP contribution is 2.28. The van der Waals surface area contributed by atoms with Gasteiger partial charge < -0.3 is 14.2 Å². The molecule has 0 radical (unpaired) electrons. The number of nitrogens with zero attached hydrogens (tertiary/aromatic N) is 2. The minimum absolute atomic E-state index is 0.0607. The quantitative estimate of drug-likeness (QED) is 0.176. The predicted molar refractivity (Wildman–Crippen MR) is 143 cm³/mol. The second-order valence-electron chi connectivity index (χ2n) is 8.33. The Bertz CT molecular complexity index is 1390. The lowest BCUT2D eigenvalue weighted by atomic mass is 10.0. The highest BCUT2D eigenvalue weighted by atomic mass is 32.2. The number of benzene rings is 3. The molecule has 0 aliphatic heterocycles. The summed E-state index contributed by atoms with van der Waals surface area (Å²) in [6.45, 7) is 3.58. The summed E-state index contributed by atoms with van der Waals surface area (Å²) in [5, 5.41) is 3.93. The monoisotopic (exact) mass is 539 g/mol. The SMILES string of the molecule is COC(=O)Oc1ccc(/C=N\NC(=O)CN(c2ccc(C(C)C)cc2)S(=O)(=O)c2ccccc2)cc1OC. The van der Waals surface area contributed by atoms with Crippen molar-refractivity contribution in [2.75, 3.05) is 25.1 Å². The van der Waals surface area contributed by atoms with Crippen molar-refractivity contribution in [1.82, 2.24) is 5.43 Å². The number of carbonyl (C=O) groups is 2. The average molecular weight is 540 g/mol. The minimum atomic E-state index is -4.03. The van der Waals surface area contributed by atoms with Gasteiger partial charge in [0.25, 0.3) is 15.9 Å². The van der Waals surface area contributed by atoms with Crippen LogP contribution in [0.4, 0.5) is 10.5 Å². The lowest BCUT2D eigenvalue weighted by Gasteiger charge is -2.24. The van der Waals surface area contributed by atoms with E-state index in [-0.39, 0.29) is 22.3 Å². The Morgan fingerprint density at radius 3 is 2.26 bits per heavy atom. The highest BCUT2D eigenvalue weighted by molar-refractivity contribution is 7.92. The van der Waals surface area contributed by atoms with E-state index < -0.39 is 28.6 Å². The molecule has 0 spiro atoms. The number of anilines is 1. The topological polar surface area (TPSA) is 124 Å². The number of hydrogen-bond acceptors (Lipinski definition) is 8. The van der Waals surface area contributed by atoms with Gasteiger partial charge in [0.1, 0.15) is 6.54 Å². The standard InChI is InChI=1S/C27H29N3O7S/c1-19(2)21-11-13-22(14-12-21)30(38(33,34)23-8-6-5-7-9-23)18-26(31)29-28-17-20-10-15-24(25(16-20)35-3)37-27(32)36-4/h5-17,19H,18H2,1-4H3,(H,29,31)/b28-17-. The molecule has 38 heavy (non-hydrogen) atoms. The number of carbonyl (C=O) groups excluding carboxylic acids is 2. The Morgan fingerprint density at radius 2 is 1.66 bits per heavy atom. The van der Waals surface area contributed by atoms with Crippen LogP contribution < -0.4 is 19.2 Å². The van der Waals surface area contributed by atoms with Gasteiger partial charge in [-0.05, 0) is 59.5 Å². The molecular formula is C27H29N3O7S. The molecule has 200 valence electrons. The van der Waals surface area contributed by atoms with Crippen LogP contribution >= 0.6 is 0 Å². The molecule has 10 nitrogen and oxygen atoms in total. The number of rotatable bonds is 10. The zero-order valence-corrected chi connectivity index (χ0v) is 22.3. The first-order chi connectivity index (χ1) is 18.1. The van der Waals surface area contributed by atoms with Crippen molar-refractivity contribution in [3.63, 3.8) is 0 Å². The van der Waals surface area contributed by atoms with Crippen molar-refractivity contribution in [1.29, 1.82) is 0 Å². The third kappa shape index (κ3) is 7.10. The lowest BCUT2D eigenvalue weighted by Crippen LogP contribution is -2.39. The number of ether oxygens (including phenoxy) is 3. The number of hydrogen-bond donors (Lipinski definition) is 1. The number of methoxy groups -OCH3 is 2. The molecule has 3 rings (SSSR count). The van der Waals surface area contributed by atoms with Crippen molar-refractivity contribution in [2.24, 2.45) is 5.10 Å². The Hall–Kier alpha value is -4.38. The van der Waals surface area contributed by atoms with Crippen LogP contribution in [0.3, 0.4) is 0 Å². The molecular weight excluding hydrogens is 510 g/mol. The molecule has 3 aromatic rings. The van der Waals surface area contributed by atoms with E-state index >= 15 is 0 Å². The van der Waals surface area contributed by atoms with Gasteiger partial charge >= 0.3 is 6.16 Å². The zero-order valence-electron chi connectivity index (χ0n) is 21.5. The Morgan fingerprint density at radius 1 is 0.974 bits per heavy atom. The highest BCUT2D eigenvalue weighted by Gasteiger charge is 2.27. The van der Waals surface area contributed by atoms with Crippen LogP contribution in [0.1, 0.15) is 30.9 Å². The fraction of sp³-hybridized carbons (Fsp3) is 0.222. The van der Waals surface area contributed by atoms with Gasteiger partial charge in [-0.2, -0.15) is 5.10 Å². The van der Waals surface area contributed by atoms with Gasteiger partial charge in [-0.25, -0.2) is 18.6 Å². The molecule has 0 aromatic heterocycles. The molecule has 1 amide bonds. The van der Waals surface area contributed by atoms with E-state index in [1.54, 1.807) is 36.4 Å². The maximum absolute atomic E-state index is 13.4. The first kappa shape index (κ1) is 28.2. The number of hydrazone groups is 1. The fourth-order valence-electron chi connectivity index (χ4n) is 3.39. The average Bonchev–Trinajstić information content (AvgIpc) is 2.92. The first-order valence-electron chi connectivity index (χ1n) is 11.6. The zero-order chi connectivity index (χ0) is 27.7. The van der Waals surface area contributed by atoms with E-state index in [2.05, 4.69) is 15.3 Å². The van der Waals surface area contributed by atoms with Gasteiger partial charge in [-0.3, -0.25) is 9.10 Å². The predicted octanol–water partition coefficient (Wildman–Crippen LogP) is 4.31. The van der Waals surface area contributed by atoms with Gasteiger partial charge in [0.05, 0.1) is 31.0 Å². The molecule has 0 unspecified atom stereocenters. The van der Waals surface area contributed by atoms with Crippen LogP contribution in [0.25, 0.3) is 0 Å². The van der Waals surface area contributed by atoms with Gasteiger partial charge in [-0.1, -0.05) is 44.2 Å². The normalized spacial score (nSPS) is 11.3. The molecule has 1 N–H and O–H groups in total. The van der Waals surface area contributed by atoms with E-state index in [4.69, 9.17) is 9.47 Å². The molecule has 0 heterocycles. The van der Waals surface area contributed by atoms with Crippen LogP contribution in [-0.2, 0) is 19.6 Å². The summed E-state index contributed by atoms with van der Waals surface area (Å²) in [7, 11) is -1.45. The maximum atomic E-state index is 13.4. The van der Waals surface area contributed by atoms with Gasteiger partial charge in [0.15, 0.2) is 11.5 Å². The van der Waals surface area contributed by atoms with Gasteiger partial charge in [-0.15, -0.1) is 0 Å². The summed E-state index contributed by atoms with van der Waals surface area (Å²) in [5.74, 6) is 0.00770. The van der Waals surface area contributed by atoms with Crippen LogP contribution in [0, 0.1) is 0 Å². The maximum Gasteiger partial charge on any atom is 0.513 e. The summed E-state index contributed by atoms with van der Waals surface area (Å²) in [6.07, 6.45) is 0.446. The van der Waals surface area contributed by atoms with E-state index in [1.165, 1.54) is 44.7 Å². The summed E-state index contributed by atoms with van der Waals surface area (Å²) >= 11 is 0. The van der Waals surface area contributed by atoms with E-state index in [1.807, 2.05) is 26.0 Å². The number of amides is 1.